The molecule has 0 spiro atoms. The molecule has 1 unspecified atom stereocenters. The van der Waals surface area contributed by atoms with Crippen LogP contribution in [0.25, 0.3) is 0 Å². The summed E-state index contributed by atoms with van der Waals surface area (Å²) in [5.74, 6) is -0.218. The van der Waals surface area contributed by atoms with E-state index >= 15 is 0 Å². The summed E-state index contributed by atoms with van der Waals surface area (Å²) in [6.07, 6.45) is 0. The SMILES string of the molecule is COC(=O)C(c1c(C)cc(C)cc1C)N(C)C. The first-order valence-electron chi connectivity index (χ1n) is 5.70. The molecule has 0 aliphatic heterocycles. The first-order chi connectivity index (χ1) is 7.88. The van der Waals surface area contributed by atoms with Crippen LogP contribution in [0.1, 0.15) is 28.3 Å². The molecule has 0 bridgehead atoms. The van der Waals surface area contributed by atoms with Gasteiger partial charge in [0, 0.05) is 0 Å². The number of rotatable bonds is 3. The van der Waals surface area contributed by atoms with E-state index in [0.717, 1.165) is 16.7 Å². The lowest BCUT2D eigenvalue weighted by atomic mass is 9.93. The summed E-state index contributed by atoms with van der Waals surface area (Å²) in [5, 5.41) is 0. The van der Waals surface area contributed by atoms with Gasteiger partial charge in [-0.2, -0.15) is 0 Å². The highest BCUT2D eigenvalue weighted by Gasteiger charge is 2.26. The summed E-state index contributed by atoms with van der Waals surface area (Å²) >= 11 is 0. The number of carbonyl (C=O) groups is 1. The van der Waals surface area contributed by atoms with E-state index in [-0.39, 0.29) is 12.0 Å². The Bertz CT molecular complexity index is 401. The maximum atomic E-state index is 11.9. The van der Waals surface area contributed by atoms with Gasteiger partial charge in [0.25, 0.3) is 0 Å². The standard InChI is InChI=1S/C14H21NO2/c1-9-7-10(2)12(11(3)8-9)13(15(4)5)14(16)17-6/h7-8,13H,1-6H3. The van der Waals surface area contributed by atoms with Crippen LogP contribution >= 0.6 is 0 Å². The lowest BCUT2D eigenvalue weighted by Crippen LogP contribution is -2.30. The number of ether oxygens (including phenoxy) is 1. The summed E-state index contributed by atoms with van der Waals surface area (Å²) in [6, 6.07) is 3.87. The van der Waals surface area contributed by atoms with Crippen LogP contribution in [0.5, 0.6) is 0 Å². The smallest absolute Gasteiger partial charge is 0.327 e. The van der Waals surface area contributed by atoms with Gasteiger partial charge in [-0.15, -0.1) is 0 Å². The number of hydrogen-bond acceptors (Lipinski definition) is 3. The molecule has 1 aromatic carbocycles. The summed E-state index contributed by atoms with van der Waals surface area (Å²) in [6.45, 7) is 6.14. The van der Waals surface area contributed by atoms with E-state index < -0.39 is 0 Å². The van der Waals surface area contributed by atoms with Crippen molar-refractivity contribution in [1.82, 2.24) is 4.90 Å². The van der Waals surface area contributed by atoms with Gasteiger partial charge in [0.05, 0.1) is 7.11 Å². The number of likely N-dealkylation sites (N-methyl/N-ethyl adjacent to an activating group) is 1. The molecule has 0 aliphatic rings. The summed E-state index contributed by atoms with van der Waals surface area (Å²) < 4.78 is 4.89. The van der Waals surface area contributed by atoms with Crippen LogP contribution in [0.2, 0.25) is 0 Å². The van der Waals surface area contributed by atoms with Crippen molar-refractivity contribution in [3.8, 4) is 0 Å². The Labute approximate surface area is 103 Å². The maximum Gasteiger partial charge on any atom is 0.327 e. The van der Waals surface area contributed by atoms with Gasteiger partial charge < -0.3 is 4.74 Å². The Morgan fingerprint density at radius 3 is 2.00 bits per heavy atom. The molecule has 0 aromatic heterocycles. The van der Waals surface area contributed by atoms with Crippen LogP contribution in [-0.2, 0) is 9.53 Å². The van der Waals surface area contributed by atoms with Crippen molar-refractivity contribution in [1.29, 1.82) is 0 Å². The fourth-order valence-electron chi connectivity index (χ4n) is 2.32. The van der Waals surface area contributed by atoms with E-state index in [1.165, 1.54) is 12.7 Å². The van der Waals surface area contributed by atoms with Gasteiger partial charge in [-0.25, -0.2) is 4.79 Å². The van der Waals surface area contributed by atoms with Crippen LogP contribution in [0.15, 0.2) is 12.1 Å². The lowest BCUT2D eigenvalue weighted by Gasteiger charge is -2.25. The van der Waals surface area contributed by atoms with Gasteiger partial charge in [0.15, 0.2) is 0 Å². The molecular weight excluding hydrogens is 214 g/mol. The summed E-state index contributed by atoms with van der Waals surface area (Å²) in [5.41, 5.74) is 4.52. The minimum absolute atomic E-state index is 0.218. The monoisotopic (exact) mass is 235 g/mol. The summed E-state index contributed by atoms with van der Waals surface area (Å²) in [7, 11) is 5.21. The zero-order chi connectivity index (χ0) is 13.2. The van der Waals surface area contributed by atoms with Gasteiger partial charge in [-0.3, -0.25) is 4.90 Å². The van der Waals surface area contributed by atoms with Crippen LogP contribution in [0, 0.1) is 20.8 Å². The number of nitrogens with zero attached hydrogens (tertiary/aromatic N) is 1. The van der Waals surface area contributed by atoms with E-state index in [2.05, 4.69) is 19.1 Å². The third-order valence-corrected chi connectivity index (χ3v) is 2.95. The topological polar surface area (TPSA) is 29.5 Å². The third kappa shape index (κ3) is 2.86. The molecule has 0 amide bonds. The number of benzene rings is 1. The highest BCUT2D eigenvalue weighted by Crippen LogP contribution is 2.27. The fraction of sp³-hybridized carbons (Fsp3) is 0.500. The molecule has 3 heteroatoms. The Kier molecular flexibility index (Phi) is 4.29. The highest BCUT2D eigenvalue weighted by molar-refractivity contribution is 5.78. The predicted octanol–water partition coefficient (Wildman–Crippen LogP) is 2.39. The molecular formula is C14H21NO2. The second-order valence-corrected chi connectivity index (χ2v) is 4.70. The molecule has 1 rings (SSSR count). The first kappa shape index (κ1) is 13.7. The Morgan fingerprint density at radius 1 is 1.18 bits per heavy atom. The molecule has 17 heavy (non-hydrogen) atoms. The van der Waals surface area contributed by atoms with Gasteiger partial charge in [-0.05, 0) is 51.6 Å². The quantitative estimate of drug-likeness (QED) is 0.753. The van der Waals surface area contributed by atoms with E-state index in [1.54, 1.807) is 0 Å². The first-order valence-corrected chi connectivity index (χ1v) is 5.70. The lowest BCUT2D eigenvalue weighted by molar-refractivity contribution is -0.146. The van der Waals surface area contributed by atoms with E-state index in [1.807, 2.05) is 32.8 Å². The molecule has 1 aromatic rings. The number of aryl methyl sites for hydroxylation is 3. The van der Waals surface area contributed by atoms with Gasteiger partial charge in [0.2, 0.25) is 0 Å². The van der Waals surface area contributed by atoms with Crippen LogP contribution in [0.4, 0.5) is 0 Å². The van der Waals surface area contributed by atoms with E-state index in [9.17, 15) is 4.79 Å². The Balaban J connectivity index is 3.33. The number of carbonyl (C=O) groups excluding carboxylic acids is 1. The van der Waals surface area contributed by atoms with Gasteiger partial charge in [-0.1, -0.05) is 17.7 Å². The van der Waals surface area contributed by atoms with Crippen molar-refractivity contribution >= 4 is 5.97 Å². The van der Waals surface area contributed by atoms with Crippen molar-refractivity contribution < 1.29 is 9.53 Å². The van der Waals surface area contributed by atoms with Crippen molar-refractivity contribution in [2.45, 2.75) is 26.8 Å². The Hall–Kier alpha value is -1.35. The molecule has 0 aliphatic carbocycles. The zero-order valence-corrected chi connectivity index (χ0v) is 11.5. The maximum absolute atomic E-state index is 11.9. The third-order valence-electron chi connectivity index (χ3n) is 2.95. The van der Waals surface area contributed by atoms with Gasteiger partial charge in [0.1, 0.15) is 6.04 Å². The molecule has 0 saturated carbocycles. The molecule has 94 valence electrons. The second-order valence-electron chi connectivity index (χ2n) is 4.70. The fourth-order valence-corrected chi connectivity index (χ4v) is 2.32. The minimum Gasteiger partial charge on any atom is -0.468 e. The van der Waals surface area contributed by atoms with Crippen molar-refractivity contribution in [3.05, 3.63) is 34.4 Å². The van der Waals surface area contributed by atoms with Crippen molar-refractivity contribution in [2.75, 3.05) is 21.2 Å². The van der Waals surface area contributed by atoms with Crippen molar-refractivity contribution in [3.63, 3.8) is 0 Å². The van der Waals surface area contributed by atoms with Crippen LogP contribution in [0.3, 0.4) is 0 Å². The number of methoxy groups -OCH3 is 1. The van der Waals surface area contributed by atoms with Crippen LogP contribution < -0.4 is 0 Å². The van der Waals surface area contributed by atoms with Gasteiger partial charge >= 0.3 is 5.97 Å². The largest absolute Gasteiger partial charge is 0.468 e. The Morgan fingerprint density at radius 2 is 1.65 bits per heavy atom. The zero-order valence-electron chi connectivity index (χ0n) is 11.5. The average molecular weight is 235 g/mol. The van der Waals surface area contributed by atoms with E-state index in [0.29, 0.717) is 0 Å². The minimum atomic E-state index is -0.333. The second kappa shape index (κ2) is 5.32. The molecule has 0 N–H and O–H groups in total. The molecule has 0 fully saturated rings. The summed E-state index contributed by atoms with van der Waals surface area (Å²) in [4.78, 5) is 13.8. The normalized spacial score (nSPS) is 12.6. The average Bonchev–Trinajstić information content (AvgIpc) is 2.21. The van der Waals surface area contributed by atoms with Crippen LogP contribution in [-0.4, -0.2) is 32.1 Å². The number of esters is 1. The van der Waals surface area contributed by atoms with Crippen molar-refractivity contribution in [2.24, 2.45) is 0 Å². The number of hydrogen-bond donors (Lipinski definition) is 0. The molecule has 0 saturated heterocycles. The predicted molar refractivity (Wildman–Crippen MR) is 69.1 cm³/mol. The molecule has 3 nitrogen and oxygen atoms in total. The molecule has 1 atom stereocenters. The highest BCUT2D eigenvalue weighted by atomic mass is 16.5. The molecule has 0 radical (unpaired) electrons. The van der Waals surface area contributed by atoms with E-state index in [4.69, 9.17) is 4.74 Å². The molecule has 0 heterocycles.